The van der Waals surface area contributed by atoms with Gasteiger partial charge in [-0.15, -0.1) is 0 Å². The maximum absolute atomic E-state index is 14.5. The van der Waals surface area contributed by atoms with Gasteiger partial charge in [0.05, 0.1) is 12.7 Å². The van der Waals surface area contributed by atoms with Crippen LogP contribution in [0.2, 0.25) is 0 Å². The summed E-state index contributed by atoms with van der Waals surface area (Å²) >= 11 is 0. The van der Waals surface area contributed by atoms with Crippen LogP contribution in [0.3, 0.4) is 0 Å². The third-order valence-corrected chi connectivity index (χ3v) is 5.39. The summed E-state index contributed by atoms with van der Waals surface area (Å²) in [5, 5.41) is 3.30. The summed E-state index contributed by atoms with van der Waals surface area (Å²) in [6.07, 6.45) is 1.74. The molecule has 0 unspecified atom stereocenters. The summed E-state index contributed by atoms with van der Waals surface area (Å²) in [5.41, 5.74) is 2.92. The molecule has 1 atom stereocenters. The standard InChI is InChI=1S/C21H21FN2O3/c1-27-21(26)15-3-4-17(19(22)11-15)13-2-5-18-14(10-13)7-9-24(20(18)25)16-6-8-23-12-16/h2-5,10-11,16,23H,6-9,12H2,1H3/t16-/m1/s1. The van der Waals surface area contributed by atoms with Crippen LogP contribution < -0.4 is 5.32 Å². The number of carbonyl (C=O) groups is 2. The number of benzene rings is 2. The Morgan fingerprint density at radius 1 is 1.22 bits per heavy atom. The Hall–Kier alpha value is -2.73. The van der Waals surface area contributed by atoms with Gasteiger partial charge in [0.25, 0.3) is 5.91 Å². The van der Waals surface area contributed by atoms with E-state index in [0.29, 0.717) is 23.2 Å². The lowest BCUT2D eigenvalue weighted by Crippen LogP contribution is -2.45. The largest absolute Gasteiger partial charge is 0.465 e. The summed E-state index contributed by atoms with van der Waals surface area (Å²) in [6.45, 7) is 2.48. The maximum atomic E-state index is 14.5. The number of amides is 1. The van der Waals surface area contributed by atoms with Gasteiger partial charge in [0, 0.05) is 30.3 Å². The molecule has 1 fully saturated rings. The molecule has 2 aliphatic heterocycles. The zero-order valence-electron chi connectivity index (χ0n) is 15.1. The van der Waals surface area contributed by atoms with E-state index in [4.69, 9.17) is 0 Å². The normalized spacial score (nSPS) is 19.1. The van der Waals surface area contributed by atoms with Gasteiger partial charge in [-0.1, -0.05) is 18.2 Å². The first kappa shape index (κ1) is 17.7. The average molecular weight is 368 g/mol. The smallest absolute Gasteiger partial charge is 0.337 e. The van der Waals surface area contributed by atoms with Gasteiger partial charge in [-0.2, -0.15) is 0 Å². The number of rotatable bonds is 3. The molecule has 0 radical (unpaired) electrons. The molecule has 5 nitrogen and oxygen atoms in total. The van der Waals surface area contributed by atoms with Crippen molar-refractivity contribution in [3.05, 3.63) is 58.9 Å². The van der Waals surface area contributed by atoms with E-state index in [2.05, 4.69) is 10.1 Å². The van der Waals surface area contributed by atoms with Crippen LogP contribution in [-0.2, 0) is 11.2 Å². The third kappa shape index (κ3) is 3.21. The van der Waals surface area contributed by atoms with Crippen molar-refractivity contribution in [2.45, 2.75) is 18.9 Å². The number of halogens is 1. The summed E-state index contributed by atoms with van der Waals surface area (Å²) in [6, 6.07) is 10.00. The summed E-state index contributed by atoms with van der Waals surface area (Å²) in [4.78, 5) is 26.3. The topological polar surface area (TPSA) is 58.6 Å². The molecule has 4 rings (SSSR count). The maximum Gasteiger partial charge on any atom is 0.337 e. The van der Waals surface area contributed by atoms with Crippen LogP contribution in [0, 0.1) is 5.82 Å². The van der Waals surface area contributed by atoms with Gasteiger partial charge in [-0.05, 0) is 48.7 Å². The lowest BCUT2D eigenvalue weighted by molar-refractivity contribution is 0.0599. The molecule has 1 N–H and O–H groups in total. The van der Waals surface area contributed by atoms with Crippen LogP contribution in [-0.4, -0.2) is 49.6 Å². The Morgan fingerprint density at radius 3 is 2.74 bits per heavy atom. The summed E-state index contributed by atoms with van der Waals surface area (Å²) in [7, 11) is 1.26. The second-order valence-electron chi connectivity index (χ2n) is 6.95. The van der Waals surface area contributed by atoms with Crippen LogP contribution in [0.1, 0.15) is 32.7 Å². The highest BCUT2D eigenvalue weighted by molar-refractivity contribution is 5.97. The molecule has 0 spiro atoms. The van der Waals surface area contributed by atoms with E-state index in [1.54, 1.807) is 24.3 Å². The van der Waals surface area contributed by atoms with Crippen molar-refractivity contribution in [1.82, 2.24) is 10.2 Å². The van der Waals surface area contributed by atoms with Gasteiger partial charge in [0.15, 0.2) is 0 Å². The number of nitrogens with one attached hydrogen (secondary N) is 1. The van der Waals surface area contributed by atoms with E-state index in [9.17, 15) is 14.0 Å². The molecule has 27 heavy (non-hydrogen) atoms. The molecule has 0 aliphatic carbocycles. The van der Waals surface area contributed by atoms with Gasteiger partial charge in [-0.3, -0.25) is 4.79 Å². The number of esters is 1. The second kappa shape index (κ2) is 7.12. The highest BCUT2D eigenvalue weighted by Crippen LogP contribution is 2.29. The minimum atomic E-state index is -0.571. The summed E-state index contributed by atoms with van der Waals surface area (Å²) < 4.78 is 19.1. The minimum absolute atomic E-state index is 0.0537. The predicted molar refractivity (Wildman–Crippen MR) is 99.2 cm³/mol. The van der Waals surface area contributed by atoms with E-state index in [0.717, 1.165) is 31.5 Å². The number of nitrogens with zero attached hydrogens (tertiary/aromatic N) is 1. The lowest BCUT2D eigenvalue weighted by atomic mass is 9.92. The van der Waals surface area contributed by atoms with Crippen molar-refractivity contribution in [3.63, 3.8) is 0 Å². The predicted octanol–water partition coefficient (Wildman–Crippen LogP) is 2.64. The minimum Gasteiger partial charge on any atom is -0.465 e. The fraction of sp³-hybridized carbons (Fsp3) is 0.333. The van der Waals surface area contributed by atoms with E-state index < -0.39 is 11.8 Å². The summed E-state index contributed by atoms with van der Waals surface area (Å²) in [5.74, 6) is -1.00. The van der Waals surface area contributed by atoms with Crippen molar-refractivity contribution in [1.29, 1.82) is 0 Å². The highest BCUT2D eigenvalue weighted by Gasteiger charge is 2.31. The highest BCUT2D eigenvalue weighted by atomic mass is 19.1. The number of carbonyl (C=O) groups excluding carboxylic acids is 2. The number of fused-ring (bicyclic) bond motifs is 1. The molecular formula is C21H21FN2O3. The van der Waals surface area contributed by atoms with Gasteiger partial charge in [0.1, 0.15) is 5.82 Å². The van der Waals surface area contributed by atoms with Crippen molar-refractivity contribution in [2.75, 3.05) is 26.7 Å². The van der Waals surface area contributed by atoms with E-state index in [1.165, 1.54) is 13.2 Å². The van der Waals surface area contributed by atoms with E-state index in [1.807, 2.05) is 11.0 Å². The zero-order chi connectivity index (χ0) is 19.0. The van der Waals surface area contributed by atoms with Crippen LogP contribution in [0.25, 0.3) is 11.1 Å². The lowest BCUT2D eigenvalue weighted by Gasteiger charge is -2.33. The van der Waals surface area contributed by atoms with Gasteiger partial charge in [0.2, 0.25) is 0 Å². The van der Waals surface area contributed by atoms with Gasteiger partial charge in [-0.25, -0.2) is 9.18 Å². The Labute approximate surface area is 157 Å². The molecule has 1 amide bonds. The first-order chi connectivity index (χ1) is 13.1. The van der Waals surface area contributed by atoms with Crippen molar-refractivity contribution < 1.29 is 18.7 Å². The van der Waals surface area contributed by atoms with Crippen molar-refractivity contribution in [2.24, 2.45) is 0 Å². The second-order valence-corrected chi connectivity index (χ2v) is 6.95. The van der Waals surface area contributed by atoms with Crippen molar-refractivity contribution in [3.8, 4) is 11.1 Å². The zero-order valence-corrected chi connectivity index (χ0v) is 15.1. The van der Waals surface area contributed by atoms with Crippen LogP contribution in [0.15, 0.2) is 36.4 Å². The average Bonchev–Trinajstić information content (AvgIpc) is 3.21. The van der Waals surface area contributed by atoms with Gasteiger partial charge < -0.3 is 15.0 Å². The molecule has 0 bridgehead atoms. The molecule has 1 saturated heterocycles. The first-order valence-corrected chi connectivity index (χ1v) is 9.11. The fourth-order valence-electron chi connectivity index (χ4n) is 3.92. The molecule has 2 aliphatic rings. The van der Waals surface area contributed by atoms with Gasteiger partial charge >= 0.3 is 5.97 Å². The molecular weight excluding hydrogens is 347 g/mol. The van der Waals surface area contributed by atoms with E-state index in [-0.39, 0.29) is 17.5 Å². The number of hydrogen-bond acceptors (Lipinski definition) is 4. The Bertz CT molecular complexity index is 906. The Morgan fingerprint density at radius 2 is 2.04 bits per heavy atom. The quantitative estimate of drug-likeness (QED) is 0.847. The number of methoxy groups -OCH3 is 1. The number of ether oxygens (including phenoxy) is 1. The van der Waals surface area contributed by atoms with Crippen LogP contribution in [0.5, 0.6) is 0 Å². The fourth-order valence-corrected chi connectivity index (χ4v) is 3.92. The molecule has 2 aromatic carbocycles. The third-order valence-electron chi connectivity index (χ3n) is 5.39. The molecule has 0 aromatic heterocycles. The SMILES string of the molecule is COC(=O)c1ccc(-c2ccc3c(c2)CCN([C@@H]2CCNC2)C3=O)c(F)c1. The molecule has 2 heterocycles. The molecule has 140 valence electrons. The Balaban J connectivity index is 1.62. The van der Waals surface area contributed by atoms with Crippen LogP contribution in [0.4, 0.5) is 4.39 Å². The monoisotopic (exact) mass is 368 g/mol. The first-order valence-electron chi connectivity index (χ1n) is 9.11. The molecule has 0 saturated carbocycles. The van der Waals surface area contributed by atoms with E-state index >= 15 is 0 Å². The van der Waals surface area contributed by atoms with Crippen molar-refractivity contribution >= 4 is 11.9 Å². The number of hydrogen-bond donors (Lipinski definition) is 1. The van der Waals surface area contributed by atoms with Crippen LogP contribution >= 0.6 is 0 Å². The molecule has 6 heteroatoms. The Kier molecular flexibility index (Phi) is 4.66. The molecule has 2 aromatic rings.